The van der Waals surface area contributed by atoms with Crippen LogP contribution >= 0.6 is 67.8 Å². The second kappa shape index (κ2) is 8.11. The van der Waals surface area contributed by atoms with Gasteiger partial charge in [-0.1, -0.05) is 0 Å². The standard InChI is InChI=1S/C10H6F3I3NO4S/c11-10(12,13)22(19,20)17-1-2-21-9(18)6-3-5(14)4-7(15)8(6)16/h3-4H,1-2H2/q-1. The van der Waals surface area contributed by atoms with Crippen molar-refractivity contribution in [1.29, 1.82) is 0 Å². The van der Waals surface area contributed by atoms with Crippen molar-refractivity contribution < 1.29 is 31.1 Å². The predicted octanol–water partition coefficient (Wildman–Crippen LogP) is 3.88. The van der Waals surface area contributed by atoms with Crippen molar-refractivity contribution in [1.82, 2.24) is 0 Å². The lowest BCUT2D eigenvalue weighted by Crippen LogP contribution is -2.23. The molecular formula is C10H6F3I3NO4S-. The van der Waals surface area contributed by atoms with Crippen LogP contribution in [0.1, 0.15) is 10.4 Å². The highest BCUT2D eigenvalue weighted by molar-refractivity contribution is 14.1. The van der Waals surface area contributed by atoms with Crippen LogP contribution in [0.15, 0.2) is 12.1 Å². The summed E-state index contributed by atoms with van der Waals surface area (Å²) in [5.41, 5.74) is -5.19. The van der Waals surface area contributed by atoms with E-state index in [1.165, 1.54) is 0 Å². The summed E-state index contributed by atoms with van der Waals surface area (Å²) in [4.78, 5) is 11.8. The second-order valence-corrected chi connectivity index (χ2v) is 8.82. The van der Waals surface area contributed by atoms with E-state index in [0.29, 0.717) is 3.57 Å². The molecule has 0 fully saturated rings. The van der Waals surface area contributed by atoms with Crippen molar-refractivity contribution in [3.05, 3.63) is 33.1 Å². The maximum atomic E-state index is 12.0. The molecule has 124 valence electrons. The predicted molar refractivity (Wildman–Crippen MR) is 98.1 cm³/mol. The van der Waals surface area contributed by atoms with Gasteiger partial charge in [0.15, 0.2) is 10.0 Å². The van der Waals surface area contributed by atoms with Crippen LogP contribution in [0.4, 0.5) is 13.2 Å². The first-order valence-corrected chi connectivity index (χ1v) is 9.95. The van der Waals surface area contributed by atoms with Crippen molar-refractivity contribution in [2.24, 2.45) is 0 Å². The highest BCUT2D eigenvalue weighted by Crippen LogP contribution is 2.27. The number of alkyl halides is 3. The van der Waals surface area contributed by atoms with Crippen LogP contribution < -0.4 is 0 Å². The third kappa shape index (κ3) is 5.59. The Morgan fingerprint density at radius 3 is 2.36 bits per heavy atom. The Labute approximate surface area is 165 Å². The number of ether oxygens (including phenoxy) is 1. The third-order valence-electron chi connectivity index (χ3n) is 2.09. The molecule has 0 aliphatic heterocycles. The quantitative estimate of drug-likeness (QED) is 0.206. The molecule has 12 heteroatoms. The van der Waals surface area contributed by atoms with Gasteiger partial charge in [-0.3, -0.25) is 0 Å². The summed E-state index contributed by atoms with van der Waals surface area (Å²) >= 11 is 5.98. The van der Waals surface area contributed by atoms with Crippen molar-refractivity contribution in [3.63, 3.8) is 0 Å². The molecule has 0 saturated heterocycles. The van der Waals surface area contributed by atoms with Crippen molar-refractivity contribution >= 4 is 83.8 Å². The van der Waals surface area contributed by atoms with Gasteiger partial charge in [0.05, 0.1) is 12.2 Å². The molecule has 5 nitrogen and oxygen atoms in total. The van der Waals surface area contributed by atoms with Gasteiger partial charge < -0.3 is 9.46 Å². The topological polar surface area (TPSA) is 74.5 Å². The van der Waals surface area contributed by atoms with E-state index in [2.05, 4.69) is 4.72 Å². The molecule has 0 atom stereocenters. The summed E-state index contributed by atoms with van der Waals surface area (Å²) in [5.74, 6) is -0.750. The maximum absolute atomic E-state index is 12.0. The Kier molecular flexibility index (Phi) is 7.60. The molecule has 1 rings (SSSR count). The number of benzene rings is 1. The van der Waals surface area contributed by atoms with Gasteiger partial charge in [0.2, 0.25) is 0 Å². The van der Waals surface area contributed by atoms with E-state index >= 15 is 0 Å². The summed E-state index contributed by atoms with van der Waals surface area (Å²) in [6.07, 6.45) is 0. The molecule has 0 unspecified atom stereocenters. The van der Waals surface area contributed by atoms with Gasteiger partial charge in [-0.15, -0.1) is 6.54 Å². The normalized spacial score (nSPS) is 12.3. The number of rotatable bonds is 5. The first-order valence-electron chi connectivity index (χ1n) is 5.27. The van der Waals surface area contributed by atoms with Gasteiger partial charge >= 0.3 is 11.5 Å². The van der Waals surface area contributed by atoms with Crippen LogP contribution in [0.5, 0.6) is 0 Å². The molecule has 0 aromatic heterocycles. The Morgan fingerprint density at radius 1 is 1.23 bits per heavy atom. The van der Waals surface area contributed by atoms with Crippen LogP contribution in [-0.4, -0.2) is 33.0 Å². The van der Waals surface area contributed by atoms with Gasteiger partial charge in [0, 0.05) is 10.7 Å². The number of halogens is 6. The smallest absolute Gasteiger partial charge is 0.480 e. The Balaban J connectivity index is 2.62. The molecular weight excluding hydrogens is 668 g/mol. The fourth-order valence-electron chi connectivity index (χ4n) is 1.15. The number of esters is 1. The number of hydrogen-bond acceptors (Lipinski definition) is 4. The van der Waals surface area contributed by atoms with E-state index in [9.17, 15) is 26.4 Å². The monoisotopic (exact) mass is 674 g/mol. The summed E-state index contributed by atoms with van der Waals surface area (Å²) in [7, 11) is -5.55. The lowest BCUT2D eigenvalue weighted by Gasteiger charge is -2.21. The molecule has 22 heavy (non-hydrogen) atoms. The van der Waals surface area contributed by atoms with E-state index in [1.807, 2.05) is 73.8 Å². The van der Waals surface area contributed by atoms with Gasteiger partial charge in [0.1, 0.15) is 0 Å². The van der Waals surface area contributed by atoms with E-state index in [0.717, 1.165) is 7.14 Å². The van der Waals surface area contributed by atoms with Crippen LogP contribution in [0, 0.1) is 10.7 Å². The molecule has 0 bridgehead atoms. The number of nitrogens with zero attached hydrogens (tertiary/aromatic N) is 1. The van der Waals surface area contributed by atoms with Crippen LogP contribution in [0.3, 0.4) is 0 Å². The molecule has 0 spiro atoms. The van der Waals surface area contributed by atoms with Crippen LogP contribution in [0.25, 0.3) is 4.72 Å². The van der Waals surface area contributed by atoms with E-state index in [-0.39, 0.29) is 5.56 Å². The number of carbonyl (C=O) groups is 1. The van der Waals surface area contributed by atoms with Crippen LogP contribution in [0.2, 0.25) is 0 Å². The number of carbonyl (C=O) groups excluding carboxylic acids is 1. The summed E-state index contributed by atoms with van der Waals surface area (Å²) in [6.45, 7) is -1.35. The second-order valence-electron chi connectivity index (χ2n) is 3.66. The molecule has 0 aliphatic rings. The Hall–Kier alpha value is 0.580. The molecule has 0 radical (unpaired) electrons. The summed E-state index contributed by atoms with van der Waals surface area (Å²) < 4.78 is 67.0. The molecule has 0 aliphatic carbocycles. The largest absolute Gasteiger partial charge is 0.538 e. The van der Waals surface area contributed by atoms with Crippen LogP contribution in [-0.2, 0) is 14.8 Å². The van der Waals surface area contributed by atoms with E-state index in [1.54, 1.807) is 6.07 Å². The van der Waals surface area contributed by atoms with Crippen molar-refractivity contribution in [2.75, 3.05) is 13.2 Å². The average molecular weight is 674 g/mol. The first-order chi connectivity index (χ1) is 9.95. The lowest BCUT2D eigenvalue weighted by molar-refractivity contribution is -0.0427. The number of hydrogen-bond donors (Lipinski definition) is 0. The van der Waals surface area contributed by atoms with Crippen molar-refractivity contribution in [3.8, 4) is 0 Å². The Morgan fingerprint density at radius 2 is 1.82 bits per heavy atom. The van der Waals surface area contributed by atoms with Gasteiger partial charge in [-0.25, -0.2) is 13.2 Å². The third-order valence-corrected chi connectivity index (χ3v) is 6.87. The maximum Gasteiger partial charge on any atom is 0.480 e. The molecule has 0 heterocycles. The first kappa shape index (κ1) is 20.6. The molecule has 0 amide bonds. The summed E-state index contributed by atoms with van der Waals surface area (Å²) in [5, 5.41) is 0. The minimum Gasteiger partial charge on any atom is -0.538 e. The number of sulfonamides is 1. The van der Waals surface area contributed by atoms with Crippen molar-refractivity contribution in [2.45, 2.75) is 5.51 Å². The van der Waals surface area contributed by atoms with Gasteiger partial charge in [-0.2, -0.15) is 13.2 Å². The highest BCUT2D eigenvalue weighted by atomic mass is 127. The Bertz CT molecular complexity index is 679. The van der Waals surface area contributed by atoms with Gasteiger partial charge in [0.25, 0.3) is 0 Å². The lowest BCUT2D eigenvalue weighted by atomic mass is 10.2. The SMILES string of the molecule is O=C(OCC[N-]S(=O)(=O)C(F)(F)F)c1cc(I)cc(I)c1I. The highest BCUT2D eigenvalue weighted by Gasteiger charge is 2.38. The van der Waals surface area contributed by atoms with E-state index < -0.39 is 34.7 Å². The minimum absolute atomic E-state index is 0.260. The fourth-order valence-corrected chi connectivity index (χ4v) is 3.99. The molecule has 1 aromatic carbocycles. The average Bonchev–Trinajstić information content (AvgIpc) is 2.37. The molecule has 1 aromatic rings. The molecule has 0 saturated carbocycles. The van der Waals surface area contributed by atoms with Gasteiger partial charge in [-0.05, 0) is 79.9 Å². The zero-order chi connectivity index (χ0) is 17.1. The fraction of sp³-hybridized carbons (Fsp3) is 0.300. The summed E-state index contributed by atoms with van der Waals surface area (Å²) in [6, 6.07) is 3.40. The molecule has 0 N–H and O–H groups in total. The zero-order valence-electron chi connectivity index (χ0n) is 10.3. The minimum atomic E-state index is -5.55. The zero-order valence-corrected chi connectivity index (χ0v) is 17.6. The van der Waals surface area contributed by atoms with E-state index in [4.69, 9.17) is 4.74 Å².